The van der Waals surface area contributed by atoms with E-state index in [2.05, 4.69) is 44.0 Å². The summed E-state index contributed by atoms with van der Waals surface area (Å²) in [7, 11) is 2.19. The topological polar surface area (TPSA) is 117 Å². The number of halogens is 1. The average molecular weight is 425 g/mol. The van der Waals surface area contributed by atoms with Crippen LogP contribution in [0, 0.1) is 0 Å². The first kappa shape index (κ1) is 22.0. The third kappa shape index (κ3) is 5.09. The molecule has 2 fully saturated rings. The van der Waals surface area contributed by atoms with Gasteiger partial charge in [0.25, 0.3) is 5.91 Å². The zero-order chi connectivity index (χ0) is 21.0. The van der Waals surface area contributed by atoms with E-state index in [1.54, 1.807) is 0 Å². The number of rotatable bonds is 6. The van der Waals surface area contributed by atoms with Crippen LogP contribution in [0.25, 0.3) is 0 Å². The van der Waals surface area contributed by atoms with Gasteiger partial charge in [-0.15, -0.1) is 0 Å². The van der Waals surface area contributed by atoms with Crippen molar-refractivity contribution in [1.82, 2.24) is 25.1 Å². The molecule has 1 aromatic heterocycles. The number of hydrogen-bond donors (Lipinski definition) is 3. The fourth-order valence-electron chi connectivity index (χ4n) is 4.29. The maximum absolute atomic E-state index is 12.2. The predicted octanol–water partition coefficient (Wildman–Crippen LogP) is 0.396. The van der Waals surface area contributed by atoms with Crippen molar-refractivity contribution in [1.29, 1.82) is 0 Å². The van der Waals surface area contributed by atoms with Crippen LogP contribution in [0.4, 0.5) is 11.6 Å². The van der Waals surface area contributed by atoms with Crippen LogP contribution < -0.4 is 21.7 Å². The predicted molar refractivity (Wildman–Crippen MR) is 116 cm³/mol. The first-order valence-electron chi connectivity index (χ1n) is 10.4. The van der Waals surface area contributed by atoms with Crippen molar-refractivity contribution in [3.63, 3.8) is 0 Å². The molecule has 0 spiro atoms. The molecule has 0 radical (unpaired) electrons. The summed E-state index contributed by atoms with van der Waals surface area (Å²) in [6.07, 6.45) is 3.49. The number of carbonyl (C=O) groups excluding carboxylic acids is 1. The first-order chi connectivity index (χ1) is 13.9. The molecule has 1 aromatic rings. The molecule has 2 aliphatic heterocycles. The molecular formula is C19H33ClN8O. The SMILES string of the molecule is CCC1CN(c2nc(N)c(C(=O)NCCN)nc2Cl)CCN1C1CCN(C)CC1. The van der Waals surface area contributed by atoms with Gasteiger partial charge in [0.15, 0.2) is 22.5 Å². The highest BCUT2D eigenvalue weighted by Crippen LogP contribution is 2.29. The second-order valence-corrected chi connectivity index (χ2v) is 8.25. The number of amides is 1. The zero-order valence-corrected chi connectivity index (χ0v) is 18.2. The lowest BCUT2D eigenvalue weighted by atomic mass is 9.98. The Hall–Kier alpha value is -1.68. The molecule has 3 rings (SSSR count). The van der Waals surface area contributed by atoms with Crippen LogP contribution in [0.2, 0.25) is 5.15 Å². The van der Waals surface area contributed by atoms with Gasteiger partial charge in [-0.1, -0.05) is 18.5 Å². The smallest absolute Gasteiger partial charge is 0.273 e. The van der Waals surface area contributed by atoms with E-state index in [4.69, 9.17) is 23.1 Å². The average Bonchev–Trinajstić information content (AvgIpc) is 2.73. The highest BCUT2D eigenvalue weighted by atomic mass is 35.5. The molecule has 0 saturated carbocycles. The van der Waals surface area contributed by atoms with Crippen molar-refractivity contribution in [3.05, 3.63) is 10.8 Å². The van der Waals surface area contributed by atoms with Crippen LogP contribution in [-0.2, 0) is 0 Å². The first-order valence-corrected chi connectivity index (χ1v) is 10.8. The molecule has 3 heterocycles. The number of likely N-dealkylation sites (tertiary alicyclic amines) is 1. The van der Waals surface area contributed by atoms with Gasteiger partial charge in [0.2, 0.25) is 0 Å². The van der Waals surface area contributed by atoms with Gasteiger partial charge in [-0.2, -0.15) is 0 Å². The maximum Gasteiger partial charge on any atom is 0.273 e. The van der Waals surface area contributed by atoms with Crippen LogP contribution >= 0.6 is 11.6 Å². The summed E-state index contributed by atoms with van der Waals surface area (Å²) in [5.74, 6) is 0.234. The van der Waals surface area contributed by atoms with E-state index < -0.39 is 5.91 Å². The molecule has 2 aliphatic rings. The third-order valence-corrected chi connectivity index (χ3v) is 6.22. The van der Waals surface area contributed by atoms with E-state index in [9.17, 15) is 4.79 Å². The molecular weight excluding hydrogens is 392 g/mol. The molecule has 162 valence electrons. The molecule has 0 aliphatic carbocycles. The van der Waals surface area contributed by atoms with Gasteiger partial charge in [-0.05, 0) is 39.4 Å². The molecule has 1 amide bonds. The number of aromatic nitrogens is 2. The highest BCUT2D eigenvalue weighted by molar-refractivity contribution is 6.32. The number of piperazine rings is 1. The lowest BCUT2D eigenvalue weighted by Crippen LogP contribution is -2.58. The van der Waals surface area contributed by atoms with Crippen molar-refractivity contribution in [3.8, 4) is 0 Å². The second kappa shape index (κ2) is 9.88. The Morgan fingerprint density at radius 3 is 2.62 bits per heavy atom. The molecule has 5 N–H and O–H groups in total. The van der Waals surface area contributed by atoms with Crippen LogP contribution in [0.3, 0.4) is 0 Å². The minimum absolute atomic E-state index is 0.0456. The van der Waals surface area contributed by atoms with Gasteiger partial charge in [0, 0.05) is 44.8 Å². The quantitative estimate of drug-likeness (QED) is 0.600. The number of nitrogens with zero attached hydrogens (tertiary/aromatic N) is 5. The van der Waals surface area contributed by atoms with E-state index in [-0.39, 0.29) is 16.7 Å². The summed E-state index contributed by atoms with van der Waals surface area (Å²) in [4.78, 5) is 28.0. The van der Waals surface area contributed by atoms with Gasteiger partial charge in [0.1, 0.15) is 0 Å². The highest BCUT2D eigenvalue weighted by Gasteiger charge is 2.34. The summed E-state index contributed by atoms with van der Waals surface area (Å²) in [6.45, 7) is 7.82. The van der Waals surface area contributed by atoms with Crippen LogP contribution in [0.1, 0.15) is 36.7 Å². The molecule has 0 aromatic carbocycles. The van der Waals surface area contributed by atoms with Crippen molar-refractivity contribution in [2.75, 3.05) is 63.5 Å². The molecule has 1 atom stereocenters. The van der Waals surface area contributed by atoms with E-state index in [0.29, 0.717) is 31.0 Å². The monoisotopic (exact) mass is 424 g/mol. The van der Waals surface area contributed by atoms with Crippen molar-refractivity contribution in [2.45, 2.75) is 38.3 Å². The van der Waals surface area contributed by atoms with Crippen molar-refractivity contribution < 1.29 is 4.79 Å². The third-order valence-electron chi connectivity index (χ3n) is 5.96. The molecule has 10 heteroatoms. The molecule has 2 saturated heterocycles. The molecule has 29 heavy (non-hydrogen) atoms. The number of nitrogen functional groups attached to an aromatic ring is 1. The number of piperidine rings is 1. The van der Waals surface area contributed by atoms with Gasteiger partial charge < -0.3 is 26.6 Å². The summed E-state index contributed by atoms with van der Waals surface area (Å²) in [5.41, 5.74) is 11.5. The Labute approximate surface area is 177 Å². The van der Waals surface area contributed by atoms with E-state index in [0.717, 1.165) is 39.1 Å². The summed E-state index contributed by atoms with van der Waals surface area (Å²) in [5, 5.41) is 2.86. The number of nitrogens with one attached hydrogen (secondary N) is 1. The fourth-order valence-corrected chi connectivity index (χ4v) is 4.54. The number of carbonyl (C=O) groups is 1. The van der Waals surface area contributed by atoms with E-state index in [1.807, 2.05) is 0 Å². The molecule has 1 unspecified atom stereocenters. The number of nitrogens with two attached hydrogens (primary N) is 2. The summed E-state index contributed by atoms with van der Waals surface area (Å²) in [6, 6.07) is 1.07. The largest absolute Gasteiger partial charge is 0.382 e. The minimum atomic E-state index is -0.410. The minimum Gasteiger partial charge on any atom is -0.382 e. The Bertz CT molecular complexity index is 710. The lowest BCUT2D eigenvalue weighted by Gasteiger charge is -2.47. The normalized spacial score (nSPS) is 22.1. The Morgan fingerprint density at radius 1 is 1.24 bits per heavy atom. The lowest BCUT2D eigenvalue weighted by molar-refractivity contribution is 0.0701. The number of anilines is 2. The standard InChI is InChI=1S/C19H33ClN8O/c1-3-13-12-27(10-11-28(13)14-4-8-26(2)9-5-14)18-16(20)24-15(17(22)25-18)19(29)23-7-6-21/h13-14H,3-12,21H2,1-2H3,(H2,22,25)(H,23,29). The Kier molecular flexibility index (Phi) is 7.50. The second-order valence-electron chi connectivity index (χ2n) is 7.90. The van der Waals surface area contributed by atoms with Gasteiger partial charge in [0.05, 0.1) is 0 Å². The molecule has 9 nitrogen and oxygen atoms in total. The zero-order valence-electron chi connectivity index (χ0n) is 17.4. The Morgan fingerprint density at radius 2 is 1.97 bits per heavy atom. The Balaban J connectivity index is 1.71. The maximum atomic E-state index is 12.2. The van der Waals surface area contributed by atoms with Crippen LogP contribution in [-0.4, -0.2) is 90.6 Å². The van der Waals surface area contributed by atoms with Crippen LogP contribution in [0.5, 0.6) is 0 Å². The molecule has 0 bridgehead atoms. The van der Waals surface area contributed by atoms with Crippen LogP contribution in [0.15, 0.2) is 0 Å². The van der Waals surface area contributed by atoms with Gasteiger partial charge in [-0.25, -0.2) is 9.97 Å². The van der Waals surface area contributed by atoms with E-state index in [1.165, 1.54) is 12.8 Å². The summed E-state index contributed by atoms with van der Waals surface area (Å²) >= 11 is 6.41. The van der Waals surface area contributed by atoms with E-state index >= 15 is 0 Å². The fraction of sp³-hybridized carbons (Fsp3) is 0.737. The van der Waals surface area contributed by atoms with Gasteiger partial charge >= 0.3 is 0 Å². The number of hydrogen-bond acceptors (Lipinski definition) is 8. The van der Waals surface area contributed by atoms with Crippen molar-refractivity contribution >= 4 is 29.1 Å². The van der Waals surface area contributed by atoms with Crippen molar-refractivity contribution in [2.24, 2.45) is 5.73 Å². The van der Waals surface area contributed by atoms with Gasteiger partial charge in [-0.3, -0.25) is 9.69 Å². The summed E-state index contributed by atoms with van der Waals surface area (Å²) < 4.78 is 0.